The standard InChI is InChI=1S/C22H33N3O4/c1-3-28-19-8-7-17(15-20(19)29-4-2)22(27)23-16-21(26)25-13-9-18(10-14-25)24-11-5-6-12-24/h7-8,15,18H,3-6,9-14,16H2,1-2H3,(H,23,27). The molecule has 2 amide bonds. The number of likely N-dealkylation sites (tertiary alicyclic amines) is 2. The first-order valence-electron chi connectivity index (χ1n) is 10.8. The number of amides is 2. The van der Waals surface area contributed by atoms with Gasteiger partial charge in [0.15, 0.2) is 11.5 Å². The molecule has 0 saturated carbocycles. The van der Waals surface area contributed by atoms with Crippen molar-refractivity contribution in [1.82, 2.24) is 15.1 Å². The van der Waals surface area contributed by atoms with Crippen molar-refractivity contribution in [3.8, 4) is 11.5 Å². The molecule has 7 heteroatoms. The summed E-state index contributed by atoms with van der Waals surface area (Å²) in [6.07, 6.45) is 4.63. The van der Waals surface area contributed by atoms with Gasteiger partial charge in [-0.05, 0) is 70.8 Å². The van der Waals surface area contributed by atoms with Gasteiger partial charge in [-0.1, -0.05) is 0 Å². The first-order valence-corrected chi connectivity index (χ1v) is 10.8. The van der Waals surface area contributed by atoms with Crippen molar-refractivity contribution < 1.29 is 19.1 Å². The summed E-state index contributed by atoms with van der Waals surface area (Å²) in [7, 11) is 0. The lowest BCUT2D eigenvalue weighted by Crippen LogP contribution is -2.48. The summed E-state index contributed by atoms with van der Waals surface area (Å²) >= 11 is 0. The van der Waals surface area contributed by atoms with Crippen LogP contribution >= 0.6 is 0 Å². The zero-order valence-electron chi connectivity index (χ0n) is 17.6. The number of piperidine rings is 1. The van der Waals surface area contributed by atoms with E-state index in [9.17, 15) is 9.59 Å². The topological polar surface area (TPSA) is 71.1 Å². The van der Waals surface area contributed by atoms with Crippen LogP contribution in [-0.2, 0) is 4.79 Å². The van der Waals surface area contributed by atoms with E-state index in [0.29, 0.717) is 36.3 Å². The average Bonchev–Trinajstić information content (AvgIpc) is 3.28. The van der Waals surface area contributed by atoms with E-state index < -0.39 is 0 Å². The number of benzene rings is 1. The average molecular weight is 404 g/mol. The zero-order valence-corrected chi connectivity index (χ0v) is 17.6. The first-order chi connectivity index (χ1) is 14.1. The minimum atomic E-state index is -0.283. The van der Waals surface area contributed by atoms with Crippen LogP contribution in [0.2, 0.25) is 0 Å². The molecule has 0 aliphatic carbocycles. The van der Waals surface area contributed by atoms with E-state index in [0.717, 1.165) is 25.9 Å². The summed E-state index contributed by atoms with van der Waals surface area (Å²) in [5, 5.41) is 2.75. The predicted molar refractivity (Wildman–Crippen MR) is 112 cm³/mol. The fraction of sp³-hybridized carbons (Fsp3) is 0.636. The molecule has 0 spiro atoms. The summed E-state index contributed by atoms with van der Waals surface area (Å²) in [5.74, 6) is 0.851. The highest BCUT2D eigenvalue weighted by atomic mass is 16.5. The minimum Gasteiger partial charge on any atom is -0.490 e. The van der Waals surface area contributed by atoms with Crippen LogP contribution in [0.3, 0.4) is 0 Å². The molecule has 29 heavy (non-hydrogen) atoms. The van der Waals surface area contributed by atoms with Crippen LogP contribution in [0.25, 0.3) is 0 Å². The largest absolute Gasteiger partial charge is 0.490 e. The second kappa shape index (κ2) is 10.5. The molecule has 7 nitrogen and oxygen atoms in total. The van der Waals surface area contributed by atoms with Gasteiger partial charge < -0.3 is 24.6 Å². The Kier molecular flexibility index (Phi) is 7.75. The summed E-state index contributed by atoms with van der Waals surface area (Å²) in [6, 6.07) is 5.69. The highest BCUT2D eigenvalue weighted by molar-refractivity contribution is 5.97. The Morgan fingerprint density at radius 3 is 2.31 bits per heavy atom. The second-order valence-electron chi connectivity index (χ2n) is 7.57. The molecule has 0 atom stereocenters. The van der Waals surface area contributed by atoms with E-state index in [4.69, 9.17) is 9.47 Å². The molecule has 2 aliphatic heterocycles. The molecule has 2 saturated heterocycles. The molecule has 2 aliphatic rings. The van der Waals surface area contributed by atoms with Crippen LogP contribution in [0.5, 0.6) is 11.5 Å². The van der Waals surface area contributed by atoms with Crippen molar-refractivity contribution in [2.24, 2.45) is 0 Å². The molecule has 0 aromatic heterocycles. The fourth-order valence-electron chi connectivity index (χ4n) is 4.15. The summed E-state index contributed by atoms with van der Waals surface area (Å²) in [5.41, 5.74) is 0.456. The van der Waals surface area contributed by atoms with Gasteiger partial charge >= 0.3 is 0 Å². The predicted octanol–water partition coefficient (Wildman–Crippen LogP) is 2.30. The SMILES string of the molecule is CCOc1ccc(C(=O)NCC(=O)N2CCC(N3CCCC3)CC2)cc1OCC. The smallest absolute Gasteiger partial charge is 0.251 e. The molecule has 0 radical (unpaired) electrons. The maximum absolute atomic E-state index is 12.5. The van der Waals surface area contributed by atoms with Gasteiger partial charge in [-0.25, -0.2) is 0 Å². The third-order valence-corrected chi connectivity index (χ3v) is 5.68. The molecule has 0 unspecified atom stereocenters. The molecule has 0 bridgehead atoms. The molecule has 2 heterocycles. The number of ether oxygens (including phenoxy) is 2. The van der Waals surface area contributed by atoms with Gasteiger partial charge in [0.05, 0.1) is 19.8 Å². The minimum absolute atomic E-state index is 0.0182. The molecule has 1 aromatic carbocycles. The Morgan fingerprint density at radius 1 is 1.00 bits per heavy atom. The van der Waals surface area contributed by atoms with Crippen LogP contribution in [-0.4, -0.2) is 73.6 Å². The van der Waals surface area contributed by atoms with E-state index in [1.165, 1.54) is 25.9 Å². The summed E-state index contributed by atoms with van der Waals surface area (Å²) in [4.78, 5) is 29.5. The third-order valence-electron chi connectivity index (χ3n) is 5.68. The second-order valence-corrected chi connectivity index (χ2v) is 7.57. The van der Waals surface area contributed by atoms with Gasteiger partial charge in [-0.3, -0.25) is 9.59 Å². The molecular formula is C22H33N3O4. The van der Waals surface area contributed by atoms with Crippen LogP contribution in [0.1, 0.15) is 49.9 Å². The van der Waals surface area contributed by atoms with Crippen LogP contribution in [0, 0.1) is 0 Å². The van der Waals surface area contributed by atoms with Crippen LogP contribution in [0.15, 0.2) is 18.2 Å². The highest BCUT2D eigenvalue weighted by Crippen LogP contribution is 2.28. The van der Waals surface area contributed by atoms with E-state index in [2.05, 4.69) is 10.2 Å². The van der Waals surface area contributed by atoms with Crippen LogP contribution in [0.4, 0.5) is 0 Å². The summed E-state index contributed by atoms with van der Waals surface area (Å²) < 4.78 is 11.1. The van der Waals surface area contributed by atoms with Crippen molar-refractivity contribution >= 4 is 11.8 Å². The normalized spacial score (nSPS) is 17.9. The van der Waals surface area contributed by atoms with Gasteiger partial charge in [0.2, 0.25) is 5.91 Å². The lowest BCUT2D eigenvalue weighted by molar-refractivity contribution is -0.131. The van der Waals surface area contributed by atoms with Crippen molar-refractivity contribution in [2.75, 3.05) is 45.9 Å². The van der Waals surface area contributed by atoms with E-state index in [-0.39, 0.29) is 18.4 Å². The van der Waals surface area contributed by atoms with Crippen molar-refractivity contribution in [3.63, 3.8) is 0 Å². The van der Waals surface area contributed by atoms with Gasteiger partial charge in [-0.15, -0.1) is 0 Å². The van der Waals surface area contributed by atoms with Crippen molar-refractivity contribution in [2.45, 2.75) is 45.6 Å². The molecule has 3 rings (SSSR count). The number of hydrogen-bond acceptors (Lipinski definition) is 5. The number of rotatable bonds is 8. The first kappa shape index (κ1) is 21.4. The number of carbonyl (C=O) groups excluding carboxylic acids is 2. The number of carbonyl (C=O) groups is 2. The highest BCUT2D eigenvalue weighted by Gasteiger charge is 2.28. The lowest BCUT2D eigenvalue weighted by atomic mass is 10.0. The number of hydrogen-bond donors (Lipinski definition) is 1. The molecule has 1 N–H and O–H groups in total. The van der Waals surface area contributed by atoms with Gasteiger partial charge in [0, 0.05) is 24.7 Å². The quantitative estimate of drug-likeness (QED) is 0.721. The zero-order chi connectivity index (χ0) is 20.6. The van der Waals surface area contributed by atoms with Gasteiger partial charge in [0.25, 0.3) is 5.91 Å². The molecular weight excluding hydrogens is 370 g/mol. The Morgan fingerprint density at radius 2 is 1.66 bits per heavy atom. The van der Waals surface area contributed by atoms with E-state index >= 15 is 0 Å². The summed E-state index contributed by atoms with van der Waals surface area (Å²) in [6.45, 7) is 8.74. The fourth-order valence-corrected chi connectivity index (χ4v) is 4.15. The van der Waals surface area contributed by atoms with Gasteiger partial charge in [0.1, 0.15) is 0 Å². The maximum Gasteiger partial charge on any atom is 0.251 e. The molecule has 160 valence electrons. The maximum atomic E-state index is 12.5. The van der Waals surface area contributed by atoms with E-state index in [1.54, 1.807) is 18.2 Å². The Hall–Kier alpha value is -2.28. The molecule has 1 aromatic rings. The van der Waals surface area contributed by atoms with Gasteiger partial charge in [-0.2, -0.15) is 0 Å². The molecule has 2 fully saturated rings. The Labute approximate surface area is 173 Å². The van der Waals surface area contributed by atoms with Crippen molar-refractivity contribution in [3.05, 3.63) is 23.8 Å². The third kappa shape index (κ3) is 5.63. The van der Waals surface area contributed by atoms with Crippen molar-refractivity contribution in [1.29, 1.82) is 0 Å². The Bertz CT molecular complexity index is 695. The number of nitrogens with zero attached hydrogens (tertiary/aromatic N) is 2. The lowest BCUT2D eigenvalue weighted by Gasteiger charge is -2.36. The Balaban J connectivity index is 1.48. The monoisotopic (exact) mass is 403 g/mol. The van der Waals surface area contributed by atoms with E-state index in [1.807, 2.05) is 18.7 Å². The number of nitrogens with one attached hydrogen (secondary N) is 1. The van der Waals surface area contributed by atoms with Crippen LogP contribution < -0.4 is 14.8 Å².